The van der Waals surface area contributed by atoms with Crippen LogP contribution in [0.2, 0.25) is 0 Å². The molecular formula is C15H13N3O2. The van der Waals surface area contributed by atoms with Crippen LogP contribution in [0.4, 0.5) is 5.82 Å². The molecule has 0 fully saturated rings. The van der Waals surface area contributed by atoms with Crippen LogP contribution in [0.25, 0.3) is 10.9 Å². The van der Waals surface area contributed by atoms with Crippen molar-refractivity contribution in [2.24, 2.45) is 7.05 Å². The van der Waals surface area contributed by atoms with Gasteiger partial charge in [-0.1, -0.05) is 18.2 Å². The first-order valence-electron chi connectivity index (χ1n) is 6.16. The molecule has 2 heterocycles. The number of carbonyl (C=O) groups is 1. The first kappa shape index (κ1) is 12.2. The largest absolute Gasteiger partial charge is 0.504 e. The lowest BCUT2D eigenvalue weighted by molar-refractivity contribution is 0.102. The fourth-order valence-corrected chi connectivity index (χ4v) is 2.19. The van der Waals surface area contributed by atoms with Crippen molar-refractivity contribution < 1.29 is 9.90 Å². The van der Waals surface area contributed by atoms with Crippen molar-refractivity contribution in [1.29, 1.82) is 0 Å². The van der Waals surface area contributed by atoms with Crippen molar-refractivity contribution >= 4 is 22.6 Å². The molecule has 0 spiro atoms. The number of amides is 1. The number of benzene rings is 1. The van der Waals surface area contributed by atoms with Crippen LogP contribution in [0.3, 0.4) is 0 Å². The Morgan fingerprint density at radius 1 is 1.25 bits per heavy atom. The minimum absolute atomic E-state index is 0.0545. The van der Waals surface area contributed by atoms with Crippen molar-refractivity contribution in [3.63, 3.8) is 0 Å². The van der Waals surface area contributed by atoms with Crippen LogP contribution < -0.4 is 5.32 Å². The number of aromatic hydroxyl groups is 1. The number of fused-ring (bicyclic) bond motifs is 1. The van der Waals surface area contributed by atoms with Gasteiger partial charge in [0.1, 0.15) is 0 Å². The molecule has 100 valence electrons. The van der Waals surface area contributed by atoms with Gasteiger partial charge in [0.15, 0.2) is 11.6 Å². The summed E-state index contributed by atoms with van der Waals surface area (Å²) in [7, 11) is 1.89. The fraction of sp³-hybridized carbons (Fsp3) is 0.0667. The summed E-state index contributed by atoms with van der Waals surface area (Å²) in [6.45, 7) is 0. The van der Waals surface area contributed by atoms with E-state index in [2.05, 4.69) is 10.3 Å². The van der Waals surface area contributed by atoms with Gasteiger partial charge in [0.2, 0.25) is 0 Å². The second-order valence-corrected chi connectivity index (χ2v) is 4.50. The van der Waals surface area contributed by atoms with Crippen LogP contribution in [0.5, 0.6) is 5.75 Å². The second-order valence-electron chi connectivity index (χ2n) is 4.50. The third-order valence-corrected chi connectivity index (χ3v) is 3.16. The Hall–Kier alpha value is -2.82. The molecular weight excluding hydrogens is 254 g/mol. The predicted molar refractivity (Wildman–Crippen MR) is 76.8 cm³/mol. The molecule has 3 aromatic rings. The summed E-state index contributed by atoms with van der Waals surface area (Å²) in [4.78, 5) is 16.3. The van der Waals surface area contributed by atoms with Gasteiger partial charge in [-0.25, -0.2) is 4.98 Å². The van der Waals surface area contributed by atoms with E-state index in [9.17, 15) is 9.90 Å². The summed E-state index contributed by atoms with van der Waals surface area (Å²) in [5.74, 6) is -0.192. The molecule has 0 saturated carbocycles. The smallest absolute Gasteiger partial charge is 0.259 e. The topological polar surface area (TPSA) is 67.2 Å². The maximum atomic E-state index is 12.3. The number of aryl methyl sites for hydroxylation is 1. The first-order valence-corrected chi connectivity index (χ1v) is 6.16. The highest BCUT2D eigenvalue weighted by atomic mass is 16.3. The zero-order valence-corrected chi connectivity index (χ0v) is 10.9. The minimum Gasteiger partial charge on any atom is -0.504 e. The lowest BCUT2D eigenvalue weighted by Crippen LogP contribution is -2.12. The highest BCUT2D eigenvalue weighted by molar-refractivity contribution is 6.13. The van der Waals surface area contributed by atoms with E-state index in [4.69, 9.17) is 0 Å². The van der Waals surface area contributed by atoms with Gasteiger partial charge in [-0.2, -0.15) is 0 Å². The third kappa shape index (κ3) is 1.99. The summed E-state index contributed by atoms with van der Waals surface area (Å²) >= 11 is 0. The average Bonchev–Trinajstić information content (AvgIpc) is 2.79. The molecule has 0 bridgehead atoms. The molecule has 5 heteroatoms. The van der Waals surface area contributed by atoms with E-state index in [1.54, 1.807) is 12.3 Å². The van der Waals surface area contributed by atoms with Gasteiger partial charge in [0.25, 0.3) is 5.91 Å². The molecule has 0 radical (unpaired) electrons. The summed E-state index contributed by atoms with van der Waals surface area (Å²) in [5, 5.41) is 13.1. The number of para-hydroxylation sites is 1. The Morgan fingerprint density at radius 3 is 2.85 bits per heavy atom. The van der Waals surface area contributed by atoms with Gasteiger partial charge >= 0.3 is 0 Å². The van der Waals surface area contributed by atoms with Gasteiger partial charge in [0, 0.05) is 30.3 Å². The van der Waals surface area contributed by atoms with E-state index in [0.29, 0.717) is 5.56 Å². The first-order chi connectivity index (χ1) is 9.66. The van der Waals surface area contributed by atoms with Gasteiger partial charge in [-0.15, -0.1) is 0 Å². The molecule has 0 saturated heterocycles. The lowest BCUT2D eigenvalue weighted by atomic mass is 10.1. The lowest BCUT2D eigenvalue weighted by Gasteiger charge is -2.04. The van der Waals surface area contributed by atoms with Crippen molar-refractivity contribution in [3.05, 3.63) is 54.4 Å². The number of rotatable bonds is 2. The van der Waals surface area contributed by atoms with Crippen LogP contribution in [-0.2, 0) is 7.05 Å². The van der Waals surface area contributed by atoms with E-state index < -0.39 is 0 Å². The summed E-state index contributed by atoms with van der Waals surface area (Å²) in [6.07, 6.45) is 3.28. The van der Waals surface area contributed by atoms with Crippen LogP contribution in [0, 0.1) is 0 Å². The van der Waals surface area contributed by atoms with Crippen LogP contribution >= 0.6 is 0 Å². The Morgan fingerprint density at radius 2 is 2.05 bits per heavy atom. The molecule has 0 aliphatic carbocycles. The number of hydrogen-bond acceptors (Lipinski definition) is 3. The zero-order chi connectivity index (χ0) is 14.1. The number of anilines is 1. The standard InChI is InChI=1S/C15H13N3O2/c1-18-9-11(10-5-2-3-6-12(10)18)15(20)17-14-13(19)7-4-8-16-14/h2-9,19H,1H3,(H,16,17,20). The van der Waals surface area contributed by atoms with Gasteiger partial charge in [-0.3, -0.25) is 4.79 Å². The molecule has 5 nitrogen and oxygen atoms in total. The minimum atomic E-state index is -0.296. The number of carbonyl (C=O) groups excluding carboxylic acids is 1. The molecule has 1 aromatic carbocycles. The maximum absolute atomic E-state index is 12.3. The highest BCUT2D eigenvalue weighted by Crippen LogP contribution is 2.23. The molecule has 0 atom stereocenters. The van der Waals surface area contributed by atoms with E-state index in [0.717, 1.165) is 10.9 Å². The summed E-state index contributed by atoms with van der Waals surface area (Å²) in [6, 6.07) is 10.7. The molecule has 0 unspecified atom stereocenters. The second kappa shape index (κ2) is 4.70. The van der Waals surface area contributed by atoms with Crippen molar-refractivity contribution in [2.75, 3.05) is 5.32 Å². The van der Waals surface area contributed by atoms with Crippen LogP contribution in [-0.4, -0.2) is 20.6 Å². The Bertz CT molecular complexity index is 793. The number of nitrogens with zero attached hydrogens (tertiary/aromatic N) is 2. The number of pyridine rings is 1. The van der Waals surface area contributed by atoms with Crippen molar-refractivity contribution in [2.45, 2.75) is 0 Å². The molecule has 3 rings (SSSR count). The zero-order valence-electron chi connectivity index (χ0n) is 10.9. The van der Waals surface area contributed by atoms with E-state index in [-0.39, 0.29) is 17.5 Å². The Balaban J connectivity index is 2.00. The number of hydrogen-bond donors (Lipinski definition) is 2. The van der Waals surface area contributed by atoms with Gasteiger partial charge < -0.3 is 15.0 Å². The van der Waals surface area contributed by atoms with Crippen molar-refractivity contribution in [1.82, 2.24) is 9.55 Å². The molecule has 2 aromatic heterocycles. The normalized spacial score (nSPS) is 10.7. The van der Waals surface area contributed by atoms with E-state index >= 15 is 0 Å². The molecule has 2 N–H and O–H groups in total. The van der Waals surface area contributed by atoms with Crippen molar-refractivity contribution in [3.8, 4) is 5.75 Å². The Labute approximate surface area is 115 Å². The van der Waals surface area contributed by atoms with E-state index in [1.807, 2.05) is 35.9 Å². The van der Waals surface area contributed by atoms with Gasteiger partial charge in [-0.05, 0) is 18.2 Å². The van der Waals surface area contributed by atoms with E-state index in [1.165, 1.54) is 12.3 Å². The van der Waals surface area contributed by atoms with Gasteiger partial charge in [0.05, 0.1) is 5.56 Å². The Kier molecular flexibility index (Phi) is 2.87. The number of nitrogens with one attached hydrogen (secondary N) is 1. The SMILES string of the molecule is Cn1cc(C(=O)Nc2ncccc2O)c2ccccc21. The fourth-order valence-electron chi connectivity index (χ4n) is 2.19. The predicted octanol–water partition coefficient (Wildman–Crippen LogP) is 2.53. The summed E-state index contributed by atoms with van der Waals surface area (Å²) in [5.41, 5.74) is 1.52. The highest BCUT2D eigenvalue weighted by Gasteiger charge is 2.15. The molecule has 20 heavy (non-hydrogen) atoms. The third-order valence-electron chi connectivity index (χ3n) is 3.16. The maximum Gasteiger partial charge on any atom is 0.259 e. The monoisotopic (exact) mass is 267 g/mol. The van der Waals surface area contributed by atoms with Crippen LogP contribution in [0.15, 0.2) is 48.8 Å². The average molecular weight is 267 g/mol. The molecule has 0 aliphatic rings. The summed E-state index contributed by atoms with van der Waals surface area (Å²) < 4.78 is 1.89. The number of aromatic nitrogens is 2. The quantitative estimate of drug-likeness (QED) is 0.749. The van der Waals surface area contributed by atoms with Crippen LogP contribution in [0.1, 0.15) is 10.4 Å². The molecule has 0 aliphatic heterocycles. The molecule has 1 amide bonds.